The minimum atomic E-state index is -0.291. The summed E-state index contributed by atoms with van der Waals surface area (Å²) in [5, 5.41) is 3.30. The lowest BCUT2D eigenvalue weighted by atomic mass is 10.1. The zero-order chi connectivity index (χ0) is 20.5. The molecule has 1 N–H and O–H groups in total. The van der Waals surface area contributed by atoms with Crippen LogP contribution in [0, 0.1) is 20.8 Å². The highest BCUT2D eigenvalue weighted by Crippen LogP contribution is 2.18. The maximum Gasteiger partial charge on any atom is 0.260 e. The van der Waals surface area contributed by atoms with Gasteiger partial charge in [-0.2, -0.15) is 0 Å². The third kappa shape index (κ3) is 3.69. The SMILES string of the molecule is Cc1ccc(NC(=O)c2cc3c(=O)n(Cc4ccco4)ccc3nc2C)cc1C. The van der Waals surface area contributed by atoms with E-state index >= 15 is 0 Å². The zero-order valence-electron chi connectivity index (χ0n) is 16.5. The van der Waals surface area contributed by atoms with Gasteiger partial charge >= 0.3 is 0 Å². The van der Waals surface area contributed by atoms with E-state index in [1.54, 1.807) is 42.1 Å². The molecule has 0 unspecified atom stereocenters. The van der Waals surface area contributed by atoms with Crippen molar-refractivity contribution >= 4 is 22.5 Å². The number of aromatic nitrogens is 2. The molecule has 0 saturated heterocycles. The first-order valence-corrected chi connectivity index (χ1v) is 9.34. The Morgan fingerprint density at radius 2 is 1.93 bits per heavy atom. The van der Waals surface area contributed by atoms with Crippen molar-refractivity contribution in [3.05, 3.63) is 93.4 Å². The van der Waals surface area contributed by atoms with Gasteiger partial charge in [0.2, 0.25) is 0 Å². The highest BCUT2D eigenvalue weighted by molar-refractivity contribution is 6.06. The van der Waals surface area contributed by atoms with Crippen molar-refractivity contribution in [2.24, 2.45) is 0 Å². The van der Waals surface area contributed by atoms with E-state index in [0.717, 1.165) is 11.1 Å². The van der Waals surface area contributed by atoms with E-state index in [0.29, 0.717) is 40.2 Å². The van der Waals surface area contributed by atoms with Gasteiger partial charge in [0, 0.05) is 11.9 Å². The van der Waals surface area contributed by atoms with Crippen LogP contribution in [0.4, 0.5) is 5.69 Å². The molecule has 4 aromatic rings. The molecule has 0 radical (unpaired) electrons. The van der Waals surface area contributed by atoms with E-state index in [9.17, 15) is 9.59 Å². The van der Waals surface area contributed by atoms with E-state index in [4.69, 9.17) is 4.42 Å². The fraction of sp³-hybridized carbons (Fsp3) is 0.174. The Bertz CT molecular complexity index is 1270. The lowest BCUT2D eigenvalue weighted by Gasteiger charge is -2.11. The maximum atomic E-state index is 12.9. The Kier molecular flexibility index (Phi) is 4.76. The van der Waals surface area contributed by atoms with Crippen LogP contribution in [0.1, 0.15) is 32.9 Å². The Balaban J connectivity index is 1.71. The van der Waals surface area contributed by atoms with Crippen molar-refractivity contribution in [2.75, 3.05) is 5.32 Å². The van der Waals surface area contributed by atoms with Gasteiger partial charge in [0.15, 0.2) is 0 Å². The number of hydrogen-bond acceptors (Lipinski definition) is 4. The molecular weight excluding hydrogens is 366 g/mol. The van der Waals surface area contributed by atoms with Crippen LogP contribution >= 0.6 is 0 Å². The van der Waals surface area contributed by atoms with Crippen LogP contribution in [-0.2, 0) is 6.54 Å². The summed E-state index contributed by atoms with van der Waals surface area (Å²) in [4.78, 5) is 30.3. The van der Waals surface area contributed by atoms with Crippen LogP contribution in [0.5, 0.6) is 0 Å². The largest absolute Gasteiger partial charge is 0.467 e. The third-order valence-electron chi connectivity index (χ3n) is 5.06. The highest BCUT2D eigenvalue weighted by Gasteiger charge is 2.15. The van der Waals surface area contributed by atoms with Gasteiger partial charge in [0.05, 0.1) is 35.0 Å². The summed E-state index contributed by atoms with van der Waals surface area (Å²) in [6.07, 6.45) is 3.26. The van der Waals surface area contributed by atoms with Gasteiger partial charge in [-0.05, 0) is 68.3 Å². The number of fused-ring (bicyclic) bond motifs is 1. The first kappa shape index (κ1) is 18.7. The predicted molar refractivity (Wildman–Crippen MR) is 112 cm³/mol. The number of carbonyl (C=O) groups excluding carboxylic acids is 1. The minimum absolute atomic E-state index is 0.216. The summed E-state index contributed by atoms with van der Waals surface area (Å²) >= 11 is 0. The molecule has 0 spiro atoms. The summed E-state index contributed by atoms with van der Waals surface area (Å²) < 4.78 is 6.88. The Morgan fingerprint density at radius 3 is 2.66 bits per heavy atom. The van der Waals surface area contributed by atoms with Gasteiger partial charge in [-0.25, -0.2) is 0 Å². The molecule has 0 aliphatic rings. The summed E-state index contributed by atoms with van der Waals surface area (Å²) in [6, 6.07) is 12.7. The average Bonchev–Trinajstić information content (AvgIpc) is 3.20. The Labute approximate surface area is 167 Å². The average molecular weight is 387 g/mol. The maximum absolute atomic E-state index is 12.9. The minimum Gasteiger partial charge on any atom is -0.467 e. The third-order valence-corrected chi connectivity index (χ3v) is 5.06. The van der Waals surface area contributed by atoms with Gasteiger partial charge < -0.3 is 14.3 Å². The van der Waals surface area contributed by atoms with Crippen molar-refractivity contribution < 1.29 is 9.21 Å². The number of furan rings is 1. The Morgan fingerprint density at radius 1 is 1.10 bits per heavy atom. The first-order chi connectivity index (χ1) is 13.9. The molecule has 4 rings (SSSR count). The van der Waals surface area contributed by atoms with E-state index in [1.165, 1.54) is 0 Å². The summed E-state index contributed by atoms with van der Waals surface area (Å²) in [5.41, 5.74) is 4.25. The van der Waals surface area contributed by atoms with Crippen molar-refractivity contribution in [3.8, 4) is 0 Å². The monoisotopic (exact) mass is 387 g/mol. The van der Waals surface area contributed by atoms with Crippen molar-refractivity contribution in [3.63, 3.8) is 0 Å². The number of hydrogen-bond donors (Lipinski definition) is 1. The molecule has 0 saturated carbocycles. The second-order valence-corrected chi connectivity index (χ2v) is 7.14. The van der Waals surface area contributed by atoms with Crippen LogP contribution in [0.2, 0.25) is 0 Å². The highest BCUT2D eigenvalue weighted by atomic mass is 16.3. The molecule has 0 bridgehead atoms. The molecule has 29 heavy (non-hydrogen) atoms. The van der Waals surface area contributed by atoms with Gasteiger partial charge in [-0.15, -0.1) is 0 Å². The van der Waals surface area contributed by atoms with E-state index in [2.05, 4.69) is 10.3 Å². The standard InChI is InChI=1S/C23H21N3O3/c1-14-6-7-17(11-15(14)2)25-22(27)19-12-20-21(24-16(19)3)8-9-26(23(20)28)13-18-5-4-10-29-18/h4-12H,13H2,1-3H3,(H,25,27). The normalized spacial score (nSPS) is 11.0. The number of anilines is 1. The van der Waals surface area contributed by atoms with Crippen LogP contribution < -0.4 is 10.9 Å². The number of benzene rings is 1. The molecule has 6 heteroatoms. The Hall–Kier alpha value is -3.67. The van der Waals surface area contributed by atoms with E-state index in [-0.39, 0.29) is 11.5 Å². The van der Waals surface area contributed by atoms with E-state index < -0.39 is 0 Å². The molecule has 0 aliphatic heterocycles. The lowest BCUT2D eigenvalue weighted by molar-refractivity contribution is 0.102. The number of carbonyl (C=O) groups is 1. The number of nitrogens with zero attached hydrogens (tertiary/aromatic N) is 2. The molecule has 0 aliphatic carbocycles. The van der Waals surface area contributed by atoms with Gasteiger partial charge in [-0.1, -0.05) is 6.07 Å². The van der Waals surface area contributed by atoms with Gasteiger partial charge in [0.1, 0.15) is 5.76 Å². The number of aryl methyl sites for hydroxylation is 3. The van der Waals surface area contributed by atoms with Crippen LogP contribution in [0.15, 0.2) is 64.1 Å². The topological polar surface area (TPSA) is 77.1 Å². The van der Waals surface area contributed by atoms with Crippen LogP contribution in [0.3, 0.4) is 0 Å². The summed E-state index contributed by atoms with van der Waals surface area (Å²) in [5.74, 6) is 0.389. The molecule has 3 heterocycles. The fourth-order valence-corrected chi connectivity index (χ4v) is 3.25. The summed E-state index contributed by atoms with van der Waals surface area (Å²) in [7, 11) is 0. The quantitative estimate of drug-likeness (QED) is 0.569. The predicted octanol–water partition coefficient (Wildman–Crippen LogP) is 4.22. The number of pyridine rings is 2. The number of nitrogens with one attached hydrogen (secondary N) is 1. The molecular formula is C23H21N3O3. The lowest BCUT2D eigenvalue weighted by Crippen LogP contribution is -2.21. The molecule has 146 valence electrons. The molecule has 1 aromatic carbocycles. The second-order valence-electron chi connectivity index (χ2n) is 7.14. The number of rotatable bonds is 4. The molecule has 3 aromatic heterocycles. The second kappa shape index (κ2) is 7.39. The van der Waals surface area contributed by atoms with Crippen LogP contribution in [0.25, 0.3) is 10.9 Å². The van der Waals surface area contributed by atoms with Crippen LogP contribution in [-0.4, -0.2) is 15.5 Å². The fourth-order valence-electron chi connectivity index (χ4n) is 3.25. The zero-order valence-corrected chi connectivity index (χ0v) is 16.5. The van der Waals surface area contributed by atoms with Gasteiger partial charge in [0.25, 0.3) is 11.5 Å². The summed E-state index contributed by atoms with van der Waals surface area (Å²) in [6.45, 7) is 6.10. The molecule has 0 atom stereocenters. The first-order valence-electron chi connectivity index (χ1n) is 9.34. The van der Waals surface area contributed by atoms with Crippen molar-refractivity contribution in [1.29, 1.82) is 0 Å². The van der Waals surface area contributed by atoms with E-state index in [1.807, 2.05) is 38.1 Å². The smallest absolute Gasteiger partial charge is 0.260 e. The molecule has 6 nitrogen and oxygen atoms in total. The molecule has 1 amide bonds. The van der Waals surface area contributed by atoms with Gasteiger partial charge in [-0.3, -0.25) is 14.6 Å². The van der Waals surface area contributed by atoms with Crippen molar-refractivity contribution in [1.82, 2.24) is 9.55 Å². The van der Waals surface area contributed by atoms with Crippen molar-refractivity contribution in [2.45, 2.75) is 27.3 Å². The number of amides is 1. The molecule has 0 fully saturated rings.